The summed E-state index contributed by atoms with van der Waals surface area (Å²) in [6.45, 7) is 0. The van der Waals surface area contributed by atoms with Crippen LogP contribution in [0, 0.1) is 0 Å². The fourth-order valence-corrected chi connectivity index (χ4v) is 2.74. The molecule has 25 heavy (non-hydrogen) atoms. The van der Waals surface area contributed by atoms with Crippen LogP contribution in [0.1, 0.15) is 10.5 Å². The normalized spacial score (nSPS) is 10.5. The van der Waals surface area contributed by atoms with E-state index in [1.54, 1.807) is 14.2 Å². The van der Waals surface area contributed by atoms with Gasteiger partial charge in [-0.3, -0.25) is 9.63 Å². The molecule has 5 heteroatoms. The molecule has 0 aliphatic heterocycles. The molecule has 1 amide bonds. The number of hydrogen-bond donors (Lipinski definition) is 1. The van der Waals surface area contributed by atoms with Gasteiger partial charge in [-0.1, -0.05) is 42.5 Å². The topological polar surface area (TPSA) is 54.6 Å². The van der Waals surface area contributed by atoms with Crippen LogP contribution in [0.15, 0.2) is 60.8 Å². The first kappa shape index (κ1) is 16.8. The minimum absolute atomic E-state index is 0.235. The highest BCUT2D eigenvalue weighted by Crippen LogP contribution is 2.36. The summed E-state index contributed by atoms with van der Waals surface area (Å²) < 4.78 is 5.22. The van der Waals surface area contributed by atoms with E-state index in [1.165, 1.54) is 12.2 Å². The van der Waals surface area contributed by atoms with Crippen LogP contribution in [0.25, 0.3) is 22.3 Å². The number of methoxy groups -OCH3 is 1. The van der Waals surface area contributed by atoms with Gasteiger partial charge in [0.15, 0.2) is 0 Å². The summed E-state index contributed by atoms with van der Waals surface area (Å²) in [4.78, 5) is 20.8. The number of nitrogens with zero attached hydrogens (tertiary/aromatic N) is 1. The van der Waals surface area contributed by atoms with Gasteiger partial charge in [0.25, 0.3) is 5.91 Å². The molecule has 0 saturated carbocycles. The molecule has 0 aliphatic rings. The lowest BCUT2D eigenvalue weighted by Crippen LogP contribution is -2.26. The van der Waals surface area contributed by atoms with Gasteiger partial charge in [0.05, 0.1) is 14.2 Å². The number of hydrogen-bond acceptors (Lipinski definition) is 3. The van der Waals surface area contributed by atoms with Crippen LogP contribution in [0.4, 0.5) is 0 Å². The molecule has 0 unspecified atom stereocenters. The lowest BCUT2D eigenvalue weighted by Gasteiger charge is -2.14. The lowest BCUT2D eigenvalue weighted by molar-refractivity contribution is -0.0759. The largest absolute Gasteiger partial charge is 0.497 e. The first-order valence-electron chi connectivity index (χ1n) is 7.89. The Hall–Kier alpha value is -3.05. The van der Waals surface area contributed by atoms with Crippen LogP contribution >= 0.6 is 0 Å². The highest BCUT2D eigenvalue weighted by atomic mass is 16.7. The van der Waals surface area contributed by atoms with Gasteiger partial charge in [0.2, 0.25) is 0 Å². The smallest absolute Gasteiger partial charge is 0.294 e. The second-order valence-electron chi connectivity index (χ2n) is 5.53. The van der Waals surface area contributed by atoms with Crippen LogP contribution in [0.2, 0.25) is 0 Å². The average Bonchev–Trinajstić information content (AvgIpc) is 3.12. The quantitative estimate of drug-likeness (QED) is 0.717. The summed E-state index contributed by atoms with van der Waals surface area (Å²) >= 11 is 0. The Labute approximate surface area is 146 Å². The van der Waals surface area contributed by atoms with E-state index in [-0.39, 0.29) is 5.91 Å². The van der Waals surface area contributed by atoms with Gasteiger partial charge < -0.3 is 9.72 Å². The third-order valence-electron chi connectivity index (χ3n) is 4.12. The van der Waals surface area contributed by atoms with Crippen molar-refractivity contribution in [3.63, 3.8) is 0 Å². The van der Waals surface area contributed by atoms with Crippen molar-refractivity contribution >= 4 is 5.91 Å². The van der Waals surface area contributed by atoms with E-state index in [1.807, 2.05) is 60.8 Å². The molecular formula is C20H20N2O3. The molecular weight excluding hydrogens is 316 g/mol. The molecule has 0 aliphatic carbocycles. The fourth-order valence-electron chi connectivity index (χ4n) is 2.74. The molecule has 0 spiro atoms. The van der Waals surface area contributed by atoms with Crippen molar-refractivity contribution in [2.24, 2.45) is 0 Å². The van der Waals surface area contributed by atoms with Gasteiger partial charge in [-0.25, -0.2) is 5.06 Å². The van der Waals surface area contributed by atoms with Gasteiger partial charge in [-0.2, -0.15) is 0 Å². The maximum Gasteiger partial charge on any atom is 0.294 e. The van der Waals surface area contributed by atoms with Gasteiger partial charge in [-0.05, 0) is 23.3 Å². The Morgan fingerprint density at radius 1 is 0.960 bits per heavy atom. The van der Waals surface area contributed by atoms with Gasteiger partial charge >= 0.3 is 0 Å². The zero-order valence-electron chi connectivity index (χ0n) is 14.4. The Morgan fingerprint density at radius 2 is 1.64 bits per heavy atom. The van der Waals surface area contributed by atoms with E-state index in [2.05, 4.69) is 4.98 Å². The van der Waals surface area contributed by atoms with Crippen molar-refractivity contribution in [2.45, 2.75) is 0 Å². The fraction of sp³-hybridized carbons (Fsp3) is 0.150. The van der Waals surface area contributed by atoms with E-state index < -0.39 is 0 Å². The Bertz CT molecular complexity index is 854. The monoisotopic (exact) mass is 336 g/mol. The molecule has 0 bridgehead atoms. The third kappa shape index (κ3) is 3.27. The molecule has 3 aromatic rings. The summed E-state index contributed by atoms with van der Waals surface area (Å²) in [6.07, 6.45) is 1.85. The molecule has 3 rings (SSSR count). The molecule has 1 heterocycles. The van der Waals surface area contributed by atoms with Crippen LogP contribution in [-0.2, 0) is 4.84 Å². The molecule has 0 saturated heterocycles. The molecule has 0 atom stereocenters. The first-order chi connectivity index (χ1) is 12.2. The zero-order valence-corrected chi connectivity index (χ0v) is 14.4. The minimum Gasteiger partial charge on any atom is -0.497 e. The summed E-state index contributed by atoms with van der Waals surface area (Å²) in [5.74, 6) is 0.553. The van der Waals surface area contributed by atoms with Crippen molar-refractivity contribution in [1.29, 1.82) is 0 Å². The molecule has 1 N–H and O–H groups in total. The highest BCUT2D eigenvalue weighted by Gasteiger charge is 2.22. The lowest BCUT2D eigenvalue weighted by atomic mass is 9.96. The number of carbonyl (C=O) groups excluding carboxylic acids is 1. The van der Waals surface area contributed by atoms with Crippen LogP contribution < -0.4 is 4.74 Å². The molecule has 0 radical (unpaired) electrons. The summed E-state index contributed by atoms with van der Waals surface area (Å²) in [6, 6.07) is 17.6. The van der Waals surface area contributed by atoms with E-state index >= 15 is 0 Å². The first-order valence-corrected chi connectivity index (χ1v) is 7.89. The van der Waals surface area contributed by atoms with E-state index in [4.69, 9.17) is 9.57 Å². The van der Waals surface area contributed by atoms with Crippen molar-refractivity contribution in [1.82, 2.24) is 10.0 Å². The Balaban J connectivity index is 2.15. The van der Waals surface area contributed by atoms with Crippen LogP contribution in [0.5, 0.6) is 5.75 Å². The number of amides is 1. The standard InChI is InChI=1S/C20H20N2O3/c1-22(25-3)20(23)19-18(15-7-5-4-6-8-15)17(13-21-19)14-9-11-16(24-2)12-10-14/h4-13,21H,1-3H3. The third-order valence-corrected chi connectivity index (χ3v) is 4.12. The number of nitrogens with one attached hydrogen (secondary N) is 1. The second kappa shape index (κ2) is 7.23. The van der Waals surface area contributed by atoms with Gasteiger partial charge in [-0.15, -0.1) is 0 Å². The van der Waals surface area contributed by atoms with Crippen molar-refractivity contribution in [3.8, 4) is 28.0 Å². The number of rotatable bonds is 5. The second-order valence-corrected chi connectivity index (χ2v) is 5.53. The maximum absolute atomic E-state index is 12.7. The van der Waals surface area contributed by atoms with Crippen LogP contribution in [0.3, 0.4) is 0 Å². The molecule has 5 nitrogen and oxygen atoms in total. The summed E-state index contributed by atoms with van der Waals surface area (Å²) in [7, 11) is 4.69. The van der Waals surface area contributed by atoms with Crippen molar-refractivity contribution in [3.05, 3.63) is 66.5 Å². The number of carbonyl (C=O) groups is 1. The summed E-state index contributed by atoms with van der Waals surface area (Å²) in [5, 5.41) is 1.20. The zero-order chi connectivity index (χ0) is 17.8. The molecule has 1 aromatic heterocycles. The highest BCUT2D eigenvalue weighted by molar-refractivity contribution is 6.03. The average molecular weight is 336 g/mol. The SMILES string of the molecule is COc1ccc(-c2c[nH]c(C(=O)N(C)OC)c2-c2ccccc2)cc1. The van der Waals surface area contributed by atoms with Gasteiger partial charge in [0, 0.05) is 24.4 Å². The Morgan fingerprint density at radius 3 is 2.24 bits per heavy atom. The predicted molar refractivity (Wildman–Crippen MR) is 97.3 cm³/mol. The maximum atomic E-state index is 12.7. The van der Waals surface area contributed by atoms with E-state index in [0.29, 0.717) is 5.69 Å². The number of aromatic nitrogens is 1. The number of benzene rings is 2. The van der Waals surface area contributed by atoms with E-state index in [0.717, 1.165) is 28.0 Å². The van der Waals surface area contributed by atoms with Crippen LogP contribution in [-0.4, -0.2) is 37.2 Å². The predicted octanol–water partition coefficient (Wildman–Crippen LogP) is 3.99. The molecule has 128 valence electrons. The number of H-pyrrole nitrogens is 1. The number of hydroxylamine groups is 2. The molecule has 2 aromatic carbocycles. The van der Waals surface area contributed by atoms with E-state index in [9.17, 15) is 4.79 Å². The molecule has 0 fully saturated rings. The number of ether oxygens (including phenoxy) is 1. The van der Waals surface area contributed by atoms with Gasteiger partial charge in [0.1, 0.15) is 11.4 Å². The number of aromatic amines is 1. The van der Waals surface area contributed by atoms with Crippen molar-refractivity contribution in [2.75, 3.05) is 21.3 Å². The minimum atomic E-state index is -0.235. The summed E-state index contributed by atoms with van der Waals surface area (Å²) in [5.41, 5.74) is 4.24. The van der Waals surface area contributed by atoms with Crippen molar-refractivity contribution < 1.29 is 14.4 Å². The Kier molecular flexibility index (Phi) is 4.86.